The summed E-state index contributed by atoms with van der Waals surface area (Å²) in [4.78, 5) is 2.67. The van der Waals surface area contributed by atoms with Crippen molar-refractivity contribution in [2.24, 2.45) is 5.92 Å². The van der Waals surface area contributed by atoms with Crippen LogP contribution in [0.25, 0.3) is 0 Å². The van der Waals surface area contributed by atoms with Gasteiger partial charge in [0.1, 0.15) is 0 Å². The second-order valence-electron chi connectivity index (χ2n) is 5.88. The fourth-order valence-electron chi connectivity index (χ4n) is 2.89. The number of piperidine rings is 1. The van der Waals surface area contributed by atoms with Crippen LogP contribution in [0.15, 0.2) is 29.2 Å². The molecule has 4 nitrogen and oxygen atoms in total. The first-order valence-corrected chi connectivity index (χ1v) is 9.35. The van der Waals surface area contributed by atoms with Gasteiger partial charge >= 0.3 is 0 Å². The summed E-state index contributed by atoms with van der Waals surface area (Å²) >= 11 is 0. The molecule has 1 saturated heterocycles. The zero-order chi connectivity index (χ0) is 15.5. The highest BCUT2D eigenvalue weighted by Crippen LogP contribution is 2.26. The van der Waals surface area contributed by atoms with Gasteiger partial charge in [-0.05, 0) is 56.4 Å². The molecule has 21 heavy (non-hydrogen) atoms. The van der Waals surface area contributed by atoms with E-state index >= 15 is 0 Å². The summed E-state index contributed by atoms with van der Waals surface area (Å²) in [5.74, 6) is 0.581. The molecule has 0 aromatic heterocycles. The normalized spacial score (nSPS) is 18.7. The van der Waals surface area contributed by atoms with Crippen molar-refractivity contribution in [3.8, 4) is 0 Å². The van der Waals surface area contributed by atoms with Gasteiger partial charge in [0.05, 0.1) is 16.8 Å². The van der Waals surface area contributed by atoms with E-state index < -0.39 is 9.84 Å². The van der Waals surface area contributed by atoms with E-state index in [2.05, 4.69) is 4.90 Å². The molecule has 1 atom stereocenters. The molecule has 5 heteroatoms. The fraction of sp³-hybridized carbons (Fsp3) is 0.625. The van der Waals surface area contributed by atoms with Crippen LogP contribution in [0.3, 0.4) is 0 Å². The Labute approximate surface area is 127 Å². The quantitative estimate of drug-likeness (QED) is 0.907. The van der Waals surface area contributed by atoms with Crippen molar-refractivity contribution in [1.82, 2.24) is 0 Å². The minimum absolute atomic E-state index is 0.201. The standard InChI is InChI=1S/C16H25NO3S/c1-3-12-21(19,20)16-6-4-15(5-7-16)17-10-8-14(9-11-17)13(2)18/h4-7,13-14,18H,3,8-12H2,1-2H3. The molecule has 2 rings (SSSR count). The second-order valence-corrected chi connectivity index (χ2v) is 7.99. The van der Waals surface area contributed by atoms with Crippen molar-refractivity contribution >= 4 is 15.5 Å². The van der Waals surface area contributed by atoms with E-state index in [9.17, 15) is 13.5 Å². The van der Waals surface area contributed by atoms with Crippen molar-refractivity contribution in [3.63, 3.8) is 0 Å². The molecular formula is C16H25NO3S. The predicted molar refractivity (Wildman–Crippen MR) is 85.4 cm³/mol. The van der Waals surface area contributed by atoms with Gasteiger partial charge < -0.3 is 10.0 Å². The predicted octanol–water partition coefficient (Wildman–Crippen LogP) is 2.47. The van der Waals surface area contributed by atoms with Crippen molar-refractivity contribution in [3.05, 3.63) is 24.3 Å². The average Bonchev–Trinajstić information content (AvgIpc) is 2.47. The zero-order valence-corrected chi connectivity index (χ0v) is 13.6. The van der Waals surface area contributed by atoms with Crippen molar-refractivity contribution < 1.29 is 13.5 Å². The number of nitrogens with zero attached hydrogens (tertiary/aromatic N) is 1. The molecule has 1 fully saturated rings. The molecule has 1 heterocycles. The Kier molecular flexibility index (Phi) is 5.27. The number of rotatable bonds is 5. The number of benzene rings is 1. The van der Waals surface area contributed by atoms with Crippen LogP contribution in [0.4, 0.5) is 5.69 Å². The Balaban J connectivity index is 2.04. The highest BCUT2D eigenvalue weighted by molar-refractivity contribution is 7.91. The van der Waals surface area contributed by atoms with Gasteiger partial charge in [-0.25, -0.2) is 8.42 Å². The molecule has 0 radical (unpaired) electrons. The first-order chi connectivity index (χ1) is 9.94. The van der Waals surface area contributed by atoms with Crippen LogP contribution < -0.4 is 4.90 Å². The SMILES string of the molecule is CCCS(=O)(=O)c1ccc(N2CCC(C(C)O)CC2)cc1. The van der Waals surface area contributed by atoms with E-state index in [1.165, 1.54) is 0 Å². The summed E-state index contributed by atoms with van der Waals surface area (Å²) in [5.41, 5.74) is 1.06. The lowest BCUT2D eigenvalue weighted by atomic mass is 9.92. The van der Waals surface area contributed by atoms with Crippen LogP contribution in [0.5, 0.6) is 0 Å². The molecule has 1 aliphatic heterocycles. The topological polar surface area (TPSA) is 57.6 Å². The Bertz CT molecular complexity index is 543. The lowest BCUT2D eigenvalue weighted by Crippen LogP contribution is -2.37. The number of aliphatic hydroxyl groups is 1. The highest BCUT2D eigenvalue weighted by atomic mass is 32.2. The van der Waals surface area contributed by atoms with E-state index in [1.807, 2.05) is 26.0 Å². The molecule has 118 valence electrons. The summed E-state index contributed by atoms with van der Waals surface area (Å²) in [6, 6.07) is 7.21. The first kappa shape index (κ1) is 16.3. The third-order valence-electron chi connectivity index (χ3n) is 4.26. The average molecular weight is 311 g/mol. The first-order valence-electron chi connectivity index (χ1n) is 7.70. The Hall–Kier alpha value is -1.07. The second kappa shape index (κ2) is 6.79. The number of anilines is 1. The van der Waals surface area contributed by atoms with Crippen LogP contribution >= 0.6 is 0 Å². The van der Waals surface area contributed by atoms with Gasteiger partial charge in [0.2, 0.25) is 0 Å². The molecule has 0 spiro atoms. The summed E-state index contributed by atoms with van der Waals surface area (Å²) in [5, 5.41) is 9.63. The smallest absolute Gasteiger partial charge is 0.178 e. The number of sulfone groups is 1. The third-order valence-corrected chi connectivity index (χ3v) is 6.19. The van der Waals surface area contributed by atoms with Gasteiger partial charge in [0.15, 0.2) is 9.84 Å². The molecule has 1 unspecified atom stereocenters. The van der Waals surface area contributed by atoms with Gasteiger partial charge in [0.25, 0.3) is 0 Å². The lowest BCUT2D eigenvalue weighted by molar-refractivity contribution is 0.110. The summed E-state index contributed by atoms with van der Waals surface area (Å²) in [7, 11) is -3.13. The van der Waals surface area contributed by atoms with Gasteiger partial charge in [-0.3, -0.25) is 0 Å². The molecule has 0 aliphatic carbocycles. The zero-order valence-electron chi connectivity index (χ0n) is 12.8. The summed E-state index contributed by atoms with van der Waals surface area (Å²) in [6.07, 6.45) is 2.35. The summed E-state index contributed by atoms with van der Waals surface area (Å²) in [6.45, 7) is 5.55. The highest BCUT2D eigenvalue weighted by Gasteiger charge is 2.23. The largest absolute Gasteiger partial charge is 0.393 e. The fourth-order valence-corrected chi connectivity index (χ4v) is 4.21. The van der Waals surface area contributed by atoms with Gasteiger partial charge in [-0.1, -0.05) is 6.92 Å². The van der Waals surface area contributed by atoms with Gasteiger partial charge in [-0.2, -0.15) is 0 Å². The van der Waals surface area contributed by atoms with Crippen LogP contribution in [0.1, 0.15) is 33.1 Å². The van der Waals surface area contributed by atoms with Crippen molar-refractivity contribution in [1.29, 1.82) is 0 Å². The molecule has 0 amide bonds. The molecule has 1 aromatic carbocycles. The third kappa shape index (κ3) is 3.98. The van der Waals surface area contributed by atoms with E-state index in [-0.39, 0.29) is 11.9 Å². The maximum absolute atomic E-state index is 12.0. The molecule has 1 N–H and O–H groups in total. The number of hydrogen-bond acceptors (Lipinski definition) is 4. The van der Waals surface area contributed by atoms with Gasteiger partial charge in [0, 0.05) is 18.8 Å². The Morgan fingerprint density at radius 2 is 1.81 bits per heavy atom. The van der Waals surface area contributed by atoms with Crippen molar-refractivity contribution in [2.75, 3.05) is 23.7 Å². The van der Waals surface area contributed by atoms with Crippen molar-refractivity contribution in [2.45, 2.75) is 44.1 Å². The van der Waals surface area contributed by atoms with Crippen LogP contribution in [-0.4, -0.2) is 38.5 Å². The molecule has 0 saturated carbocycles. The minimum atomic E-state index is -3.13. The number of aliphatic hydroxyl groups excluding tert-OH is 1. The van der Waals surface area contributed by atoms with Crippen LogP contribution in [-0.2, 0) is 9.84 Å². The van der Waals surface area contributed by atoms with Gasteiger partial charge in [-0.15, -0.1) is 0 Å². The van der Waals surface area contributed by atoms with E-state index in [0.717, 1.165) is 31.6 Å². The molecule has 1 aromatic rings. The minimum Gasteiger partial charge on any atom is -0.393 e. The van der Waals surface area contributed by atoms with E-state index in [0.29, 0.717) is 17.2 Å². The van der Waals surface area contributed by atoms with Crippen LogP contribution in [0.2, 0.25) is 0 Å². The molecule has 0 bridgehead atoms. The maximum Gasteiger partial charge on any atom is 0.178 e. The van der Waals surface area contributed by atoms with E-state index in [1.54, 1.807) is 12.1 Å². The maximum atomic E-state index is 12.0. The lowest BCUT2D eigenvalue weighted by Gasteiger charge is -2.34. The molecular weight excluding hydrogens is 286 g/mol. The van der Waals surface area contributed by atoms with E-state index in [4.69, 9.17) is 0 Å². The summed E-state index contributed by atoms with van der Waals surface area (Å²) < 4.78 is 24.0. The number of hydrogen-bond donors (Lipinski definition) is 1. The Morgan fingerprint density at radius 1 is 1.24 bits per heavy atom. The molecule has 1 aliphatic rings. The monoisotopic (exact) mass is 311 g/mol. The Morgan fingerprint density at radius 3 is 2.29 bits per heavy atom. The van der Waals surface area contributed by atoms with Crippen LogP contribution in [0, 0.1) is 5.92 Å².